The first-order valence-electron chi connectivity index (χ1n) is 20.3. The van der Waals surface area contributed by atoms with E-state index in [1.807, 2.05) is 0 Å². The molecule has 2 unspecified atom stereocenters. The largest absolute Gasteiger partial charge is 0.472 e. The predicted molar refractivity (Wildman–Crippen MR) is 215 cm³/mol. The second-order valence-corrected chi connectivity index (χ2v) is 14.6. The number of esters is 2. The lowest BCUT2D eigenvalue weighted by Gasteiger charge is -2.19. The van der Waals surface area contributed by atoms with Crippen molar-refractivity contribution in [2.24, 2.45) is 5.73 Å². The lowest BCUT2D eigenvalue weighted by atomic mass is 10.0. The highest BCUT2D eigenvalue weighted by Gasteiger charge is 2.25. The van der Waals surface area contributed by atoms with E-state index in [4.69, 9.17) is 24.3 Å². The number of ether oxygens (including phenoxy) is 2. The minimum atomic E-state index is -4.38. The molecule has 3 N–H and O–H groups in total. The second-order valence-electron chi connectivity index (χ2n) is 13.1. The average Bonchev–Trinajstić information content (AvgIpc) is 3.13. The molecule has 0 saturated carbocycles. The summed E-state index contributed by atoms with van der Waals surface area (Å²) in [5, 5.41) is 0. The molecule has 300 valence electrons. The average molecular weight is 752 g/mol. The Morgan fingerprint density at radius 2 is 1.06 bits per heavy atom. The summed E-state index contributed by atoms with van der Waals surface area (Å²) in [5.41, 5.74) is 5.33. The molecule has 0 aliphatic carbocycles. The minimum Gasteiger partial charge on any atom is -0.462 e. The third-order valence-electron chi connectivity index (χ3n) is 8.17. The second kappa shape index (κ2) is 38.4. The number of allylic oxidation sites excluding steroid dienone is 10. The Morgan fingerprint density at radius 3 is 1.58 bits per heavy atom. The van der Waals surface area contributed by atoms with Crippen molar-refractivity contribution in [2.75, 3.05) is 26.4 Å². The number of rotatable bonds is 37. The standard InChI is InChI=1S/C42H74NO8P/c1-3-5-7-9-11-13-15-17-18-19-20-21-22-23-25-27-29-31-33-35-42(45)51-40(39-50-52(46,47)49-37-36-43)38-48-41(44)34-32-30-28-26-24-16-14-12-10-8-6-4-2/h5,7,11,13,17-18,20-21,23,25,40H,3-4,6,8-10,12,14-16,19,22,24,26-39,43H2,1-2H3,(H,46,47)/b7-5-,13-11-,18-17-,21-20-,25-23-. The van der Waals surface area contributed by atoms with Crippen LogP contribution in [-0.4, -0.2) is 49.3 Å². The van der Waals surface area contributed by atoms with Gasteiger partial charge < -0.3 is 20.1 Å². The number of hydrogen-bond donors (Lipinski definition) is 2. The highest BCUT2D eigenvalue weighted by molar-refractivity contribution is 7.47. The smallest absolute Gasteiger partial charge is 0.462 e. The molecule has 0 aromatic carbocycles. The lowest BCUT2D eigenvalue weighted by molar-refractivity contribution is -0.161. The Labute approximate surface area is 317 Å². The third kappa shape index (κ3) is 37.5. The molecular formula is C42H74NO8P. The Kier molecular flexibility index (Phi) is 36.7. The van der Waals surface area contributed by atoms with Crippen LogP contribution in [0.5, 0.6) is 0 Å². The van der Waals surface area contributed by atoms with Crippen molar-refractivity contribution in [3.63, 3.8) is 0 Å². The molecule has 2 atom stereocenters. The summed E-state index contributed by atoms with van der Waals surface area (Å²) in [5.74, 6) is -0.870. The number of hydrogen-bond acceptors (Lipinski definition) is 8. The van der Waals surface area contributed by atoms with Gasteiger partial charge in [-0.2, -0.15) is 0 Å². The molecule has 10 heteroatoms. The maximum atomic E-state index is 12.5. The van der Waals surface area contributed by atoms with Gasteiger partial charge >= 0.3 is 19.8 Å². The normalized spacial score (nSPS) is 14.0. The molecule has 0 amide bonds. The molecule has 0 aromatic rings. The van der Waals surface area contributed by atoms with Crippen molar-refractivity contribution in [3.8, 4) is 0 Å². The van der Waals surface area contributed by atoms with Crippen LogP contribution in [0.1, 0.15) is 162 Å². The number of unbranched alkanes of at least 4 members (excludes halogenated alkanes) is 14. The van der Waals surface area contributed by atoms with Crippen LogP contribution in [0.2, 0.25) is 0 Å². The zero-order valence-electron chi connectivity index (χ0n) is 32.8. The van der Waals surface area contributed by atoms with Gasteiger partial charge in [-0.3, -0.25) is 18.6 Å². The molecule has 0 bridgehead atoms. The molecule has 0 saturated heterocycles. The zero-order chi connectivity index (χ0) is 38.2. The molecule has 0 rings (SSSR count). The molecule has 0 spiro atoms. The van der Waals surface area contributed by atoms with E-state index in [1.54, 1.807) is 0 Å². The van der Waals surface area contributed by atoms with Gasteiger partial charge in [0.2, 0.25) is 0 Å². The van der Waals surface area contributed by atoms with Gasteiger partial charge in [0, 0.05) is 19.4 Å². The van der Waals surface area contributed by atoms with Gasteiger partial charge in [-0.15, -0.1) is 0 Å². The summed E-state index contributed by atoms with van der Waals surface area (Å²) in [6, 6.07) is 0. The molecule has 0 radical (unpaired) electrons. The lowest BCUT2D eigenvalue weighted by Crippen LogP contribution is -2.29. The first-order valence-corrected chi connectivity index (χ1v) is 21.8. The van der Waals surface area contributed by atoms with E-state index < -0.39 is 32.5 Å². The van der Waals surface area contributed by atoms with Crippen molar-refractivity contribution in [2.45, 2.75) is 168 Å². The topological polar surface area (TPSA) is 134 Å². The van der Waals surface area contributed by atoms with Gasteiger partial charge in [-0.1, -0.05) is 152 Å². The number of phosphoric acid groups is 1. The first kappa shape index (κ1) is 49.7. The molecule has 52 heavy (non-hydrogen) atoms. The van der Waals surface area contributed by atoms with Gasteiger partial charge in [0.15, 0.2) is 6.10 Å². The van der Waals surface area contributed by atoms with Crippen LogP contribution in [0.15, 0.2) is 60.8 Å². The van der Waals surface area contributed by atoms with Crippen LogP contribution < -0.4 is 5.73 Å². The van der Waals surface area contributed by atoms with E-state index >= 15 is 0 Å². The fraction of sp³-hybridized carbons (Fsp3) is 0.714. The van der Waals surface area contributed by atoms with E-state index in [1.165, 1.54) is 57.8 Å². The Hall–Kier alpha value is -2.29. The summed E-state index contributed by atoms with van der Waals surface area (Å²) < 4.78 is 32.7. The summed E-state index contributed by atoms with van der Waals surface area (Å²) in [4.78, 5) is 34.8. The van der Waals surface area contributed by atoms with Crippen LogP contribution in [0.3, 0.4) is 0 Å². The van der Waals surface area contributed by atoms with Crippen molar-refractivity contribution in [3.05, 3.63) is 60.8 Å². The van der Waals surface area contributed by atoms with E-state index in [0.29, 0.717) is 6.42 Å². The molecule has 9 nitrogen and oxygen atoms in total. The van der Waals surface area contributed by atoms with E-state index in [9.17, 15) is 19.0 Å². The molecule has 0 fully saturated rings. The maximum Gasteiger partial charge on any atom is 0.472 e. The van der Waals surface area contributed by atoms with Gasteiger partial charge in [0.1, 0.15) is 6.61 Å². The number of carbonyl (C=O) groups is 2. The molecule has 0 aromatic heterocycles. The third-order valence-corrected chi connectivity index (χ3v) is 9.15. The summed E-state index contributed by atoms with van der Waals surface area (Å²) in [6.45, 7) is 3.56. The quantitative estimate of drug-likeness (QED) is 0.0275. The van der Waals surface area contributed by atoms with Gasteiger partial charge in [-0.25, -0.2) is 4.57 Å². The monoisotopic (exact) mass is 752 g/mol. The predicted octanol–water partition coefficient (Wildman–Crippen LogP) is 11.3. The van der Waals surface area contributed by atoms with E-state index in [2.05, 4.69) is 74.6 Å². The van der Waals surface area contributed by atoms with Crippen LogP contribution in [-0.2, 0) is 32.7 Å². The fourth-order valence-electron chi connectivity index (χ4n) is 5.19. The maximum absolute atomic E-state index is 12.5. The van der Waals surface area contributed by atoms with E-state index in [0.717, 1.165) is 70.6 Å². The van der Waals surface area contributed by atoms with Gasteiger partial charge in [-0.05, 0) is 57.8 Å². The molecular weight excluding hydrogens is 677 g/mol. The Morgan fingerprint density at radius 1 is 0.596 bits per heavy atom. The molecule has 0 aliphatic heterocycles. The van der Waals surface area contributed by atoms with Crippen LogP contribution >= 0.6 is 7.82 Å². The Bertz CT molecular complexity index is 1040. The van der Waals surface area contributed by atoms with Crippen molar-refractivity contribution < 1.29 is 37.6 Å². The number of carbonyl (C=O) groups excluding carboxylic acids is 2. The van der Waals surface area contributed by atoms with Gasteiger partial charge in [0.25, 0.3) is 0 Å². The van der Waals surface area contributed by atoms with Gasteiger partial charge in [0.05, 0.1) is 13.2 Å². The summed E-state index contributed by atoms with van der Waals surface area (Å²) in [6.07, 6.45) is 43.9. The highest BCUT2D eigenvalue weighted by Crippen LogP contribution is 2.43. The first-order chi connectivity index (χ1) is 25.3. The summed E-state index contributed by atoms with van der Waals surface area (Å²) in [7, 11) is -4.38. The molecule has 0 heterocycles. The number of phosphoric ester groups is 1. The SMILES string of the molecule is CC/C=C\C/C=C\C/C=C\C/C=C\C/C=C\CCCCCC(=O)OC(COC(=O)CCCCCCCCCCCCCC)COP(=O)(O)OCCN. The van der Waals surface area contributed by atoms with Crippen LogP contribution in [0, 0.1) is 0 Å². The summed E-state index contributed by atoms with van der Waals surface area (Å²) >= 11 is 0. The minimum absolute atomic E-state index is 0.0458. The van der Waals surface area contributed by atoms with E-state index in [-0.39, 0.29) is 32.6 Å². The van der Waals surface area contributed by atoms with Crippen LogP contribution in [0.4, 0.5) is 0 Å². The zero-order valence-corrected chi connectivity index (χ0v) is 33.7. The molecule has 0 aliphatic rings. The number of nitrogens with two attached hydrogens (primary N) is 1. The Balaban J connectivity index is 4.27. The fourth-order valence-corrected chi connectivity index (χ4v) is 5.95. The van der Waals surface area contributed by atoms with Crippen molar-refractivity contribution in [1.29, 1.82) is 0 Å². The highest BCUT2D eigenvalue weighted by atomic mass is 31.2. The van der Waals surface area contributed by atoms with Crippen molar-refractivity contribution >= 4 is 19.8 Å². The van der Waals surface area contributed by atoms with Crippen LogP contribution in [0.25, 0.3) is 0 Å². The van der Waals surface area contributed by atoms with Crippen molar-refractivity contribution in [1.82, 2.24) is 0 Å².